The smallest absolute Gasteiger partial charge is 0.262 e. The molecule has 0 heterocycles. The maximum absolute atomic E-state index is 12.0. The van der Waals surface area contributed by atoms with Crippen LogP contribution in [0.1, 0.15) is 0 Å². The number of nitrogens with one attached hydrogen (secondary N) is 1. The maximum Gasteiger partial charge on any atom is 0.262 e. The fourth-order valence-corrected chi connectivity index (χ4v) is 2.56. The average Bonchev–Trinajstić information content (AvgIpc) is 2.28. The molecule has 0 aliphatic carbocycles. The van der Waals surface area contributed by atoms with Crippen molar-refractivity contribution in [2.24, 2.45) is 0 Å². The quantitative estimate of drug-likeness (QED) is 0.737. The van der Waals surface area contributed by atoms with Crippen LogP contribution in [0.5, 0.6) is 5.75 Å². The van der Waals surface area contributed by atoms with Gasteiger partial charge in [-0.25, -0.2) is 8.42 Å². The summed E-state index contributed by atoms with van der Waals surface area (Å²) in [5, 5.41) is 9.27. The second kappa shape index (κ2) is 4.58. The molecule has 5 nitrogen and oxygen atoms in total. The molecule has 0 saturated heterocycles. The second-order valence-corrected chi connectivity index (χ2v) is 5.41. The molecular weight excluding hydrogens is 252 g/mol. The number of phenolic OH excluding ortho intramolecular Hbond substituents is 1. The summed E-state index contributed by atoms with van der Waals surface area (Å²) in [5.41, 5.74) is 6.40. The minimum Gasteiger partial charge on any atom is -0.508 e. The van der Waals surface area contributed by atoms with Crippen molar-refractivity contribution in [1.29, 1.82) is 0 Å². The van der Waals surface area contributed by atoms with E-state index in [-0.39, 0.29) is 10.6 Å². The summed E-state index contributed by atoms with van der Waals surface area (Å²) < 4.78 is 26.4. The van der Waals surface area contributed by atoms with Crippen molar-refractivity contribution >= 4 is 21.4 Å². The Morgan fingerprint density at radius 3 is 2.44 bits per heavy atom. The highest BCUT2D eigenvalue weighted by Gasteiger charge is 2.14. The van der Waals surface area contributed by atoms with Gasteiger partial charge in [0.25, 0.3) is 10.0 Å². The zero-order valence-corrected chi connectivity index (χ0v) is 10.2. The number of aromatic hydroxyl groups is 1. The first kappa shape index (κ1) is 12.3. The molecule has 2 aromatic rings. The number of hydrogen-bond acceptors (Lipinski definition) is 4. The van der Waals surface area contributed by atoms with Gasteiger partial charge in [0.05, 0.1) is 10.6 Å². The second-order valence-electron chi connectivity index (χ2n) is 3.73. The maximum atomic E-state index is 12.0. The number of nitrogens with two attached hydrogens (primary N) is 1. The number of nitrogen functional groups attached to an aromatic ring is 1. The van der Waals surface area contributed by atoms with Gasteiger partial charge in [-0.05, 0) is 30.3 Å². The Labute approximate surface area is 105 Å². The highest BCUT2D eigenvalue weighted by molar-refractivity contribution is 7.92. The van der Waals surface area contributed by atoms with Crippen LogP contribution in [0.3, 0.4) is 0 Å². The van der Waals surface area contributed by atoms with Crippen molar-refractivity contribution in [2.75, 3.05) is 10.5 Å². The van der Waals surface area contributed by atoms with Crippen LogP contribution in [-0.2, 0) is 10.0 Å². The molecule has 0 spiro atoms. The van der Waals surface area contributed by atoms with Crippen LogP contribution < -0.4 is 10.5 Å². The molecule has 0 aliphatic rings. The number of anilines is 2. The molecule has 0 saturated carbocycles. The van der Waals surface area contributed by atoms with E-state index in [1.54, 1.807) is 18.2 Å². The molecular formula is C12H12N2O3S. The summed E-state index contributed by atoms with van der Waals surface area (Å²) in [4.78, 5) is -0.00933. The van der Waals surface area contributed by atoms with E-state index in [4.69, 9.17) is 5.73 Å². The summed E-state index contributed by atoms with van der Waals surface area (Å²) in [7, 11) is -3.72. The van der Waals surface area contributed by atoms with Crippen molar-refractivity contribution in [1.82, 2.24) is 0 Å². The van der Waals surface area contributed by atoms with Crippen molar-refractivity contribution in [3.05, 3.63) is 48.5 Å². The molecule has 0 unspecified atom stereocenters. The summed E-state index contributed by atoms with van der Waals surface area (Å²) in [5.74, 6) is -0.106. The van der Waals surface area contributed by atoms with Gasteiger partial charge in [-0.15, -0.1) is 0 Å². The minimum absolute atomic E-state index is 0.00933. The third kappa shape index (κ3) is 2.72. The van der Waals surface area contributed by atoms with E-state index in [1.807, 2.05) is 0 Å². The minimum atomic E-state index is -3.72. The third-order valence-electron chi connectivity index (χ3n) is 2.27. The molecule has 0 aromatic heterocycles. The Kier molecular flexibility index (Phi) is 3.12. The molecule has 2 rings (SSSR count). The molecule has 0 atom stereocenters. The first-order valence-electron chi connectivity index (χ1n) is 5.15. The van der Waals surface area contributed by atoms with Crippen LogP contribution in [0.4, 0.5) is 11.4 Å². The van der Waals surface area contributed by atoms with Gasteiger partial charge < -0.3 is 10.8 Å². The number of rotatable bonds is 3. The van der Waals surface area contributed by atoms with Crippen molar-refractivity contribution in [2.45, 2.75) is 4.90 Å². The lowest BCUT2D eigenvalue weighted by molar-refractivity contribution is 0.473. The monoisotopic (exact) mass is 264 g/mol. The van der Waals surface area contributed by atoms with Crippen LogP contribution in [0, 0.1) is 0 Å². The first-order chi connectivity index (χ1) is 8.47. The zero-order valence-electron chi connectivity index (χ0n) is 9.37. The molecule has 2 aromatic carbocycles. The molecule has 0 bridgehead atoms. The summed E-state index contributed by atoms with van der Waals surface area (Å²) in [6, 6.07) is 11.9. The first-order valence-corrected chi connectivity index (χ1v) is 6.63. The summed E-state index contributed by atoms with van der Waals surface area (Å²) >= 11 is 0. The molecule has 6 heteroatoms. The van der Waals surface area contributed by atoms with Crippen molar-refractivity contribution < 1.29 is 13.5 Å². The molecule has 0 radical (unpaired) electrons. The number of sulfonamides is 1. The van der Waals surface area contributed by atoms with Crippen LogP contribution in [0.2, 0.25) is 0 Å². The van der Waals surface area contributed by atoms with Crippen LogP contribution in [0.15, 0.2) is 53.4 Å². The van der Waals surface area contributed by atoms with E-state index >= 15 is 0 Å². The van der Waals surface area contributed by atoms with Crippen molar-refractivity contribution in [3.8, 4) is 5.75 Å². The number of benzene rings is 2. The van der Waals surface area contributed by atoms with Gasteiger partial charge in [-0.1, -0.05) is 12.1 Å². The fourth-order valence-electron chi connectivity index (χ4n) is 1.47. The molecule has 0 fully saturated rings. The third-order valence-corrected chi connectivity index (χ3v) is 3.65. The molecule has 94 valence electrons. The van der Waals surface area contributed by atoms with Crippen LogP contribution in [0.25, 0.3) is 0 Å². The summed E-state index contributed by atoms with van der Waals surface area (Å²) in [6.45, 7) is 0. The standard InChI is InChI=1S/C12H12N2O3S/c13-9-3-1-4-10(7-9)14-18(16,17)12-6-2-5-11(15)8-12/h1-8,14-15H,13H2. The molecule has 0 aliphatic heterocycles. The predicted octanol–water partition coefficient (Wildman–Crippen LogP) is 1.78. The Morgan fingerprint density at radius 2 is 1.78 bits per heavy atom. The Bertz CT molecular complexity index is 669. The number of phenols is 1. The highest BCUT2D eigenvalue weighted by Crippen LogP contribution is 2.20. The van der Waals surface area contributed by atoms with Gasteiger partial charge in [-0.3, -0.25) is 4.72 Å². The zero-order chi connectivity index (χ0) is 13.2. The van der Waals surface area contributed by atoms with E-state index in [0.29, 0.717) is 11.4 Å². The van der Waals surface area contributed by atoms with Gasteiger partial charge >= 0.3 is 0 Å². The Hall–Kier alpha value is -2.21. The van der Waals surface area contributed by atoms with E-state index < -0.39 is 10.0 Å². The van der Waals surface area contributed by atoms with Gasteiger partial charge in [0.1, 0.15) is 5.75 Å². The normalized spacial score (nSPS) is 11.1. The lowest BCUT2D eigenvalue weighted by Gasteiger charge is -2.08. The van der Waals surface area contributed by atoms with E-state index in [0.717, 1.165) is 0 Å². The van der Waals surface area contributed by atoms with Crippen molar-refractivity contribution in [3.63, 3.8) is 0 Å². The summed E-state index contributed by atoms with van der Waals surface area (Å²) in [6.07, 6.45) is 0. The van der Waals surface area contributed by atoms with Gasteiger partial charge in [-0.2, -0.15) is 0 Å². The Morgan fingerprint density at radius 1 is 1.06 bits per heavy atom. The number of hydrogen-bond donors (Lipinski definition) is 3. The van der Waals surface area contributed by atoms with E-state index in [1.165, 1.54) is 30.3 Å². The topological polar surface area (TPSA) is 92.4 Å². The van der Waals surface area contributed by atoms with Crippen LogP contribution >= 0.6 is 0 Å². The SMILES string of the molecule is Nc1cccc(NS(=O)(=O)c2cccc(O)c2)c1. The van der Waals surface area contributed by atoms with E-state index in [2.05, 4.69) is 4.72 Å². The fraction of sp³-hybridized carbons (Fsp3) is 0. The largest absolute Gasteiger partial charge is 0.508 e. The van der Waals surface area contributed by atoms with Gasteiger partial charge in [0.15, 0.2) is 0 Å². The molecule has 18 heavy (non-hydrogen) atoms. The van der Waals surface area contributed by atoms with Gasteiger partial charge in [0.2, 0.25) is 0 Å². The predicted molar refractivity (Wildman–Crippen MR) is 69.8 cm³/mol. The van der Waals surface area contributed by atoms with E-state index in [9.17, 15) is 13.5 Å². The lowest BCUT2D eigenvalue weighted by atomic mass is 10.3. The molecule has 4 N–H and O–H groups in total. The van der Waals surface area contributed by atoms with Gasteiger partial charge in [0, 0.05) is 11.8 Å². The highest BCUT2D eigenvalue weighted by atomic mass is 32.2. The molecule has 0 amide bonds. The average molecular weight is 264 g/mol. The van der Waals surface area contributed by atoms with Crippen LogP contribution in [-0.4, -0.2) is 13.5 Å². The Balaban J connectivity index is 2.33. The lowest BCUT2D eigenvalue weighted by Crippen LogP contribution is -2.12.